The van der Waals surface area contributed by atoms with E-state index in [1.807, 2.05) is 0 Å². The Morgan fingerprint density at radius 1 is 0.943 bits per heavy atom. The lowest BCUT2D eigenvalue weighted by atomic mass is 10.1. The smallest absolute Gasteiger partial charge is 0.270 e. The largest absolute Gasteiger partial charge is 0.326 e. The van der Waals surface area contributed by atoms with Gasteiger partial charge in [-0.2, -0.15) is 0 Å². The fourth-order valence-corrected chi connectivity index (χ4v) is 3.55. The normalized spacial score (nSPS) is 12.3. The van der Waals surface area contributed by atoms with Gasteiger partial charge >= 0.3 is 0 Å². The van der Waals surface area contributed by atoms with E-state index in [9.17, 15) is 29.3 Å². The molecule has 0 unspecified atom stereocenters. The van der Waals surface area contributed by atoms with Crippen LogP contribution in [0.1, 0.15) is 43.9 Å². The highest BCUT2D eigenvalue weighted by atomic mass is 16.6. The Bertz CT molecular complexity index is 1320. The lowest BCUT2D eigenvalue weighted by molar-refractivity contribution is -0.384. The number of hydrogen-bond donors (Lipinski definition) is 2. The molecule has 0 spiro atoms. The van der Waals surface area contributed by atoms with Crippen molar-refractivity contribution in [1.29, 1.82) is 0 Å². The number of anilines is 2. The number of nitro groups is 1. The fourth-order valence-electron chi connectivity index (χ4n) is 3.55. The SMILES string of the molecule is O=C(CCCN1C(=O)c2ccc([N+](=O)[O-])cc2C1=O)Nc1ccc(NC(=O)c2cccnc2)cc1. The van der Waals surface area contributed by atoms with Gasteiger partial charge in [-0.3, -0.25) is 39.2 Å². The molecule has 2 aromatic carbocycles. The Kier molecular flexibility index (Phi) is 6.58. The van der Waals surface area contributed by atoms with Crippen molar-refractivity contribution in [2.24, 2.45) is 0 Å². The molecule has 0 aliphatic carbocycles. The van der Waals surface area contributed by atoms with E-state index in [1.54, 1.807) is 42.6 Å². The molecule has 1 aliphatic rings. The van der Waals surface area contributed by atoms with Gasteiger partial charge in [0.1, 0.15) is 0 Å². The summed E-state index contributed by atoms with van der Waals surface area (Å²) in [6.07, 6.45) is 3.30. The second-order valence-corrected chi connectivity index (χ2v) is 7.67. The number of hydrogen-bond acceptors (Lipinski definition) is 7. The van der Waals surface area contributed by atoms with Crippen molar-refractivity contribution >= 4 is 40.7 Å². The predicted molar refractivity (Wildman–Crippen MR) is 125 cm³/mol. The van der Waals surface area contributed by atoms with Crippen LogP contribution in [0, 0.1) is 10.1 Å². The molecule has 0 saturated carbocycles. The van der Waals surface area contributed by atoms with Crippen LogP contribution in [0.3, 0.4) is 0 Å². The molecule has 176 valence electrons. The van der Waals surface area contributed by atoms with Crippen molar-refractivity contribution in [3.8, 4) is 0 Å². The maximum absolute atomic E-state index is 12.5. The minimum Gasteiger partial charge on any atom is -0.326 e. The maximum atomic E-state index is 12.5. The summed E-state index contributed by atoms with van der Waals surface area (Å²) in [5, 5.41) is 16.4. The summed E-state index contributed by atoms with van der Waals surface area (Å²) in [6.45, 7) is 0.00682. The number of pyridine rings is 1. The average Bonchev–Trinajstić information content (AvgIpc) is 3.10. The van der Waals surface area contributed by atoms with Gasteiger partial charge in [0.2, 0.25) is 5.91 Å². The van der Waals surface area contributed by atoms with Crippen molar-refractivity contribution in [1.82, 2.24) is 9.88 Å². The molecule has 4 amide bonds. The molecule has 4 rings (SSSR count). The van der Waals surface area contributed by atoms with Gasteiger partial charge in [-0.15, -0.1) is 0 Å². The summed E-state index contributed by atoms with van der Waals surface area (Å²) < 4.78 is 0. The Balaban J connectivity index is 1.26. The van der Waals surface area contributed by atoms with Crippen molar-refractivity contribution in [3.63, 3.8) is 0 Å². The first-order chi connectivity index (χ1) is 16.8. The van der Waals surface area contributed by atoms with Gasteiger partial charge in [-0.25, -0.2) is 0 Å². The van der Waals surface area contributed by atoms with Crippen LogP contribution in [0.5, 0.6) is 0 Å². The van der Waals surface area contributed by atoms with Crippen LogP contribution in [0.4, 0.5) is 17.1 Å². The van der Waals surface area contributed by atoms with Crippen LogP contribution >= 0.6 is 0 Å². The lowest BCUT2D eigenvalue weighted by Gasteiger charge is -2.13. The molecule has 11 heteroatoms. The zero-order valence-electron chi connectivity index (χ0n) is 18.3. The van der Waals surface area contributed by atoms with Gasteiger partial charge < -0.3 is 10.6 Å². The summed E-state index contributed by atoms with van der Waals surface area (Å²) in [5.74, 6) is -1.77. The highest BCUT2D eigenvalue weighted by Gasteiger charge is 2.36. The third-order valence-corrected chi connectivity index (χ3v) is 5.30. The van der Waals surface area contributed by atoms with Gasteiger partial charge in [-0.05, 0) is 48.9 Å². The van der Waals surface area contributed by atoms with Crippen molar-refractivity contribution in [2.45, 2.75) is 12.8 Å². The average molecular weight is 473 g/mol. The second kappa shape index (κ2) is 9.91. The number of aromatic nitrogens is 1. The molecule has 3 aromatic rings. The molecule has 1 aromatic heterocycles. The minimum atomic E-state index is -0.633. The number of carbonyl (C=O) groups is 4. The quantitative estimate of drug-likeness (QED) is 0.289. The number of amides is 4. The molecular formula is C24H19N5O6. The summed E-state index contributed by atoms with van der Waals surface area (Å²) >= 11 is 0. The van der Waals surface area contributed by atoms with E-state index in [0.29, 0.717) is 16.9 Å². The Labute approximate surface area is 198 Å². The zero-order valence-corrected chi connectivity index (χ0v) is 18.3. The molecule has 11 nitrogen and oxygen atoms in total. The number of nitro benzene ring substituents is 1. The third-order valence-electron chi connectivity index (χ3n) is 5.30. The van der Waals surface area contributed by atoms with E-state index in [2.05, 4.69) is 15.6 Å². The number of rotatable bonds is 8. The fraction of sp³-hybridized carbons (Fsp3) is 0.125. The third kappa shape index (κ3) is 5.19. The predicted octanol–water partition coefficient (Wildman–Crippen LogP) is 3.26. The molecule has 35 heavy (non-hydrogen) atoms. The second-order valence-electron chi connectivity index (χ2n) is 7.67. The highest BCUT2D eigenvalue weighted by molar-refractivity contribution is 6.21. The number of fused-ring (bicyclic) bond motifs is 1. The van der Waals surface area contributed by atoms with E-state index in [1.165, 1.54) is 18.3 Å². The Morgan fingerprint density at radius 2 is 1.63 bits per heavy atom. The molecule has 2 N–H and O–H groups in total. The molecular weight excluding hydrogens is 454 g/mol. The van der Waals surface area contributed by atoms with Gasteiger partial charge in [0.25, 0.3) is 23.4 Å². The van der Waals surface area contributed by atoms with Crippen molar-refractivity contribution < 1.29 is 24.1 Å². The molecule has 0 atom stereocenters. The van der Waals surface area contributed by atoms with Gasteiger partial charge in [0, 0.05) is 48.9 Å². The van der Waals surface area contributed by atoms with Crippen LogP contribution in [0.15, 0.2) is 67.0 Å². The van der Waals surface area contributed by atoms with E-state index in [4.69, 9.17) is 0 Å². The molecule has 2 heterocycles. The molecule has 1 aliphatic heterocycles. The number of nitrogens with zero attached hydrogens (tertiary/aromatic N) is 3. The molecule has 0 fully saturated rings. The van der Waals surface area contributed by atoms with Crippen molar-refractivity contribution in [3.05, 3.63) is 93.8 Å². The van der Waals surface area contributed by atoms with E-state index in [0.717, 1.165) is 11.0 Å². The first kappa shape index (κ1) is 23.2. The number of benzene rings is 2. The number of carbonyl (C=O) groups excluding carboxylic acids is 4. The van der Waals surface area contributed by atoms with Crippen LogP contribution in [0.25, 0.3) is 0 Å². The van der Waals surface area contributed by atoms with Crippen molar-refractivity contribution in [2.75, 3.05) is 17.2 Å². The first-order valence-electron chi connectivity index (χ1n) is 10.6. The first-order valence-corrected chi connectivity index (χ1v) is 10.6. The maximum Gasteiger partial charge on any atom is 0.270 e. The lowest BCUT2D eigenvalue weighted by Crippen LogP contribution is -2.31. The number of imide groups is 1. The standard InChI is InChI=1S/C24H19N5O6/c30-21(26-16-5-7-17(8-6-16)27-22(31)15-3-1-11-25-14-15)4-2-12-28-23(32)19-10-9-18(29(34)35)13-20(19)24(28)33/h1,3,5-11,13-14H,2,4,12H2,(H,26,30)(H,27,31). The highest BCUT2D eigenvalue weighted by Crippen LogP contribution is 2.27. The van der Waals surface area contributed by atoms with Gasteiger partial charge in [0.15, 0.2) is 0 Å². The van der Waals surface area contributed by atoms with Crippen LogP contribution in [0.2, 0.25) is 0 Å². The summed E-state index contributed by atoms with van der Waals surface area (Å²) in [5.41, 5.74) is 1.31. The van der Waals surface area contributed by atoms with Gasteiger partial charge in [0.05, 0.1) is 21.6 Å². The summed E-state index contributed by atoms with van der Waals surface area (Å²) in [4.78, 5) is 64.6. The number of non-ortho nitro benzene ring substituents is 1. The minimum absolute atomic E-state index is 0.00682. The molecule has 0 bridgehead atoms. The summed E-state index contributed by atoms with van der Waals surface area (Å²) in [7, 11) is 0. The monoisotopic (exact) mass is 473 g/mol. The Morgan fingerprint density at radius 3 is 2.29 bits per heavy atom. The van der Waals surface area contributed by atoms with Crippen LogP contribution < -0.4 is 10.6 Å². The summed E-state index contributed by atoms with van der Waals surface area (Å²) in [6, 6.07) is 13.4. The van der Waals surface area contributed by atoms with Crippen LogP contribution in [-0.4, -0.2) is 45.0 Å². The van der Waals surface area contributed by atoms with Gasteiger partial charge in [-0.1, -0.05) is 0 Å². The van der Waals surface area contributed by atoms with E-state index >= 15 is 0 Å². The molecule has 0 radical (unpaired) electrons. The van der Waals surface area contributed by atoms with E-state index in [-0.39, 0.29) is 48.0 Å². The topological polar surface area (TPSA) is 152 Å². The zero-order chi connectivity index (χ0) is 24.9. The molecule has 0 saturated heterocycles. The van der Waals surface area contributed by atoms with E-state index < -0.39 is 16.7 Å². The number of nitrogens with one attached hydrogen (secondary N) is 2. The Hall–Kier alpha value is -4.93. The van der Waals surface area contributed by atoms with Crippen LogP contribution in [-0.2, 0) is 4.79 Å².